The number of H-pyrrole nitrogens is 1. The average Bonchev–Trinajstić information content (AvgIpc) is 2.99. The minimum absolute atomic E-state index is 0.0478. The number of nitrogens with one attached hydrogen (secondary N) is 2. The minimum atomic E-state index is -0.0478. The monoisotopic (exact) mass is 200 g/mol. The van der Waals surface area contributed by atoms with E-state index in [0.717, 1.165) is 11.4 Å². The molecule has 0 atom stereocenters. The standard InChI is InChI=1S/C11H8N2O2/c14-6-1-2-7-8(3-6)13-9(4-11(7)15)10-5-12-10/h1-5,12,14H,(H,13,15). The van der Waals surface area contributed by atoms with Gasteiger partial charge in [-0.15, -0.1) is 0 Å². The molecular weight excluding hydrogens is 192 g/mol. The predicted octanol–water partition coefficient (Wildman–Crippen LogP) is 1.14. The van der Waals surface area contributed by atoms with Gasteiger partial charge in [-0.25, -0.2) is 0 Å². The smallest absolute Gasteiger partial charge is 0.190 e. The van der Waals surface area contributed by atoms with Gasteiger partial charge < -0.3 is 15.4 Å². The van der Waals surface area contributed by atoms with Crippen molar-refractivity contribution in [3.63, 3.8) is 0 Å². The first-order valence-electron chi connectivity index (χ1n) is 4.57. The Morgan fingerprint density at radius 3 is 2.73 bits per heavy atom. The molecule has 0 saturated carbocycles. The molecule has 4 nitrogen and oxygen atoms in total. The Kier molecular flexibility index (Phi) is 1.42. The van der Waals surface area contributed by atoms with E-state index >= 15 is 0 Å². The molecule has 0 amide bonds. The molecule has 1 aromatic heterocycles. The lowest BCUT2D eigenvalue weighted by molar-refractivity contribution is 0.476. The van der Waals surface area contributed by atoms with E-state index in [4.69, 9.17) is 0 Å². The van der Waals surface area contributed by atoms with Crippen LogP contribution in [-0.4, -0.2) is 10.1 Å². The molecule has 1 aromatic carbocycles. The molecule has 1 aliphatic heterocycles. The molecule has 74 valence electrons. The first-order valence-corrected chi connectivity index (χ1v) is 4.57. The number of hydrogen-bond acceptors (Lipinski definition) is 3. The maximum atomic E-state index is 11.7. The van der Waals surface area contributed by atoms with Gasteiger partial charge in [-0.2, -0.15) is 0 Å². The average molecular weight is 200 g/mol. The summed E-state index contributed by atoms with van der Waals surface area (Å²) in [6.07, 6.45) is 1.81. The summed E-state index contributed by atoms with van der Waals surface area (Å²) in [5.41, 5.74) is 2.26. The molecule has 0 fully saturated rings. The van der Waals surface area contributed by atoms with Gasteiger partial charge in [0.1, 0.15) is 5.75 Å². The highest BCUT2D eigenvalue weighted by Crippen LogP contribution is 2.20. The lowest BCUT2D eigenvalue weighted by Crippen LogP contribution is -2.03. The van der Waals surface area contributed by atoms with E-state index in [-0.39, 0.29) is 11.2 Å². The van der Waals surface area contributed by atoms with Crippen LogP contribution in [0.4, 0.5) is 0 Å². The van der Waals surface area contributed by atoms with E-state index < -0.39 is 0 Å². The molecule has 2 aromatic rings. The highest BCUT2D eigenvalue weighted by Gasteiger charge is 2.12. The van der Waals surface area contributed by atoms with Gasteiger partial charge in [-0.3, -0.25) is 4.79 Å². The van der Waals surface area contributed by atoms with Crippen LogP contribution in [-0.2, 0) is 0 Å². The second kappa shape index (κ2) is 2.63. The van der Waals surface area contributed by atoms with Crippen molar-refractivity contribution in [2.75, 3.05) is 0 Å². The van der Waals surface area contributed by atoms with Crippen LogP contribution in [0.15, 0.2) is 35.3 Å². The summed E-state index contributed by atoms with van der Waals surface area (Å²) in [6, 6.07) is 6.21. The van der Waals surface area contributed by atoms with Gasteiger partial charge >= 0.3 is 0 Å². The quantitative estimate of drug-likeness (QED) is 0.646. The molecule has 0 radical (unpaired) electrons. The summed E-state index contributed by atoms with van der Waals surface area (Å²) in [7, 11) is 0. The summed E-state index contributed by atoms with van der Waals surface area (Å²) in [6.45, 7) is 0. The van der Waals surface area contributed by atoms with Gasteiger partial charge in [-0.1, -0.05) is 0 Å². The van der Waals surface area contributed by atoms with Gasteiger partial charge in [0.25, 0.3) is 0 Å². The van der Waals surface area contributed by atoms with Crippen LogP contribution in [0, 0.1) is 0 Å². The number of aromatic nitrogens is 1. The van der Waals surface area contributed by atoms with Crippen molar-refractivity contribution in [1.82, 2.24) is 10.3 Å². The van der Waals surface area contributed by atoms with Crippen LogP contribution < -0.4 is 10.7 Å². The van der Waals surface area contributed by atoms with Gasteiger partial charge in [0.05, 0.1) is 16.9 Å². The second-order valence-electron chi connectivity index (χ2n) is 3.48. The number of aromatic amines is 1. The highest BCUT2D eigenvalue weighted by atomic mass is 16.3. The number of aromatic hydroxyl groups is 1. The van der Waals surface area contributed by atoms with Crippen LogP contribution >= 0.6 is 0 Å². The second-order valence-corrected chi connectivity index (χ2v) is 3.48. The fourth-order valence-corrected chi connectivity index (χ4v) is 1.58. The molecule has 0 saturated heterocycles. The molecule has 15 heavy (non-hydrogen) atoms. The maximum absolute atomic E-state index is 11.7. The van der Waals surface area contributed by atoms with E-state index in [2.05, 4.69) is 10.3 Å². The number of hydrogen-bond donors (Lipinski definition) is 3. The Hall–Kier alpha value is -2.23. The number of benzene rings is 1. The topological polar surface area (TPSA) is 75.0 Å². The highest BCUT2D eigenvalue weighted by molar-refractivity contribution is 5.83. The zero-order valence-electron chi connectivity index (χ0n) is 7.74. The third-order valence-corrected chi connectivity index (χ3v) is 2.39. The lowest BCUT2D eigenvalue weighted by Gasteiger charge is -2.01. The third kappa shape index (κ3) is 1.27. The van der Waals surface area contributed by atoms with Crippen LogP contribution in [0.3, 0.4) is 0 Å². The third-order valence-electron chi connectivity index (χ3n) is 2.39. The Balaban J connectivity index is 2.37. The van der Waals surface area contributed by atoms with Crippen LogP contribution in [0.5, 0.6) is 5.75 Å². The van der Waals surface area contributed by atoms with E-state index in [9.17, 15) is 9.90 Å². The number of phenols is 1. The zero-order chi connectivity index (χ0) is 10.4. The molecule has 0 unspecified atom stereocenters. The van der Waals surface area contributed by atoms with Crippen molar-refractivity contribution in [1.29, 1.82) is 0 Å². The molecule has 4 heteroatoms. The van der Waals surface area contributed by atoms with Crippen molar-refractivity contribution in [2.45, 2.75) is 0 Å². The van der Waals surface area contributed by atoms with E-state index in [1.807, 2.05) is 0 Å². The number of pyridine rings is 1. The first kappa shape index (κ1) is 8.11. The normalized spacial score (nSPS) is 13.5. The summed E-state index contributed by atoms with van der Waals surface area (Å²) in [5, 5.41) is 12.8. The Morgan fingerprint density at radius 1 is 1.20 bits per heavy atom. The SMILES string of the molecule is O=c1cc(C2=CN2)[nH]c2cc(O)ccc12. The fraction of sp³-hybridized carbons (Fsp3) is 0. The number of phenolic OH excluding ortho intramolecular Hbond substituents is 1. The van der Waals surface area contributed by atoms with Crippen molar-refractivity contribution < 1.29 is 5.11 Å². The lowest BCUT2D eigenvalue weighted by atomic mass is 10.2. The largest absolute Gasteiger partial charge is 0.508 e. The predicted molar refractivity (Wildman–Crippen MR) is 57.3 cm³/mol. The van der Waals surface area contributed by atoms with E-state index in [0.29, 0.717) is 10.9 Å². The fourth-order valence-electron chi connectivity index (χ4n) is 1.58. The van der Waals surface area contributed by atoms with Crippen molar-refractivity contribution in [3.8, 4) is 5.75 Å². The van der Waals surface area contributed by atoms with Crippen molar-refractivity contribution >= 4 is 16.6 Å². The molecule has 0 bridgehead atoms. The van der Waals surface area contributed by atoms with Gasteiger partial charge in [0, 0.05) is 23.7 Å². The summed E-state index contributed by atoms with van der Waals surface area (Å²) in [4.78, 5) is 14.8. The molecular formula is C11H8N2O2. The van der Waals surface area contributed by atoms with Crippen molar-refractivity contribution in [3.05, 3.63) is 46.4 Å². The summed E-state index contributed by atoms with van der Waals surface area (Å²) < 4.78 is 0. The summed E-state index contributed by atoms with van der Waals surface area (Å²) >= 11 is 0. The maximum Gasteiger partial charge on any atom is 0.190 e. The number of fused-ring (bicyclic) bond motifs is 1. The molecule has 3 rings (SSSR count). The van der Waals surface area contributed by atoms with Crippen LogP contribution in [0.2, 0.25) is 0 Å². The molecule has 3 N–H and O–H groups in total. The van der Waals surface area contributed by atoms with Crippen molar-refractivity contribution in [2.24, 2.45) is 0 Å². The Bertz CT molecular complexity index is 641. The molecule has 0 aliphatic carbocycles. The zero-order valence-corrected chi connectivity index (χ0v) is 7.74. The van der Waals surface area contributed by atoms with Crippen LogP contribution in [0.1, 0.15) is 5.69 Å². The van der Waals surface area contributed by atoms with E-state index in [1.54, 1.807) is 24.4 Å². The van der Waals surface area contributed by atoms with Crippen LogP contribution in [0.25, 0.3) is 16.6 Å². The number of rotatable bonds is 1. The Labute approximate surface area is 84.9 Å². The first-order chi connectivity index (χ1) is 7.24. The van der Waals surface area contributed by atoms with Gasteiger partial charge in [-0.05, 0) is 12.1 Å². The van der Waals surface area contributed by atoms with E-state index in [1.165, 1.54) is 6.07 Å². The van der Waals surface area contributed by atoms with Gasteiger partial charge in [0.2, 0.25) is 0 Å². The molecule has 2 heterocycles. The van der Waals surface area contributed by atoms with Gasteiger partial charge in [0.15, 0.2) is 5.43 Å². The molecule has 0 spiro atoms. The molecule has 1 aliphatic rings. The minimum Gasteiger partial charge on any atom is -0.508 e. The Morgan fingerprint density at radius 2 is 2.00 bits per heavy atom. The summed E-state index contributed by atoms with van der Waals surface area (Å²) in [5.74, 6) is 0.146.